The first-order chi connectivity index (χ1) is 7.63. The lowest BCUT2D eigenvalue weighted by Gasteiger charge is -2.12. The fraction of sp³-hybridized carbons (Fsp3) is 0.333. The van der Waals surface area contributed by atoms with Crippen molar-refractivity contribution in [3.8, 4) is 0 Å². The molecule has 0 aliphatic carbocycles. The molecular weight excluding hydrogens is 208 g/mol. The molecule has 1 rings (SSSR count). The Morgan fingerprint density at radius 2 is 2.31 bits per heavy atom. The fourth-order valence-electron chi connectivity index (χ4n) is 1.20. The Balaban J connectivity index is 2.61. The predicted octanol–water partition coefficient (Wildman–Crippen LogP) is 1.90. The molecule has 86 valence electrons. The fourth-order valence-corrected chi connectivity index (χ4v) is 1.20. The zero-order valence-corrected chi connectivity index (χ0v) is 9.30. The summed E-state index contributed by atoms with van der Waals surface area (Å²) >= 11 is 0. The normalized spacial score (nSPS) is 12.6. The number of carbonyl (C=O) groups is 2. The van der Waals surface area contributed by atoms with Gasteiger partial charge in [-0.3, -0.25) is 4.79 Å². The monoisotopic (exact) mass is 222 g/mol. The number of furan rings is 1. The molecule has 16 heavy (non-hydrogen) atoms. The standard InChI is InChI=1S/C12H14O4/c1-3-5-12(14)16-11(9(2)13)8-10-6-4-7-15-10/h3-7,11H,8H2,1-2H3/b5-3-. The Hall–Kier alpha value is -1.84. The highest BCUT2D eigenvalue weighted by atomic mass is 16.5. The van der Waals surface area contributed by atoms with Gasteiger partial charge in [0.2, 0.25) is 0 Å². The van der Waals surface area contributed by atoms with Gasteiger partial charge < -0.3 is 9.15 Å². The quantitative estimate of drug-likeness (QED) is 0.564. The zero-order chi connectivity index (χ0) is 12.0. The number of carbonyl (C=O) groups excluding carboxylic acids is 2. The second kappa shape index (κ2) is 5.90. The number of ketones is 1. The van der Waals surface area contributed by atoms with Gasteiger partial charge in [0.25, 0.3) is 0 Å². The van der Waals surface area contributed by atoms with E-state index in [2.05, 4.69) is 0 Å². The number of esters is 1. The van der Waals surface area contributed by atoms with E-state index in [-0.39, 0.29) is 12.2 Å². The van der Waals surface area contributed by atoms with E-state index < -0.39 is 12.1 Å². The van der Waals surface area contributed by atoms with Gasteiger partial charge in [-0.25, -0.2) is 4.79 Å². The number of Topliss-reactive ketones (excluding diaryl/α,β-unsaturated/α-hetero) is 1. The molecule has 0 saturated carbocycles. The van der Waals surface area contributed by atoms with E-state index in [9.17, 15) is 9.59 Å². The van der Waals surface area contributed by atoms with Crippen LogP contribution in [0.4, 0.5) is 0 Å². The van der Waals surface area contributed by atoms with Crippen LogP contribution in [-0.4, -0.2) is 17.9 Å². The van der Waals surface area contributed by atoms with E-state index in [4.69, 9.17) is 9.15 Å². The highest BCUT2D eigenvalue weighted by Crippen LogP contribution is 2.08. The molecular formula is C12H14O4. The van der Waals surface area contributed by atoms with Crippen molar-refractivity contribution in [3.05, 3.63) is 36.3 Å². The summed E-state index contributed by atoms with van der Waals surface area (Å²) in [6, 6.07) is 3.46. The SMILES string of the molecule is C/C=C\C(=O)OC(Cc1ccco1)C(C)=O. The van der Waals surface area contributed by atoms with Gasteiger partial charge in [0.15, 0.2) is 11.9 Å². The Labute approximate surface area is 93.9 Å². The molecule has 0 aliphatic heterocycles. The van der Waals surface area contributed by atoms with Crippen molar-refractivity contribution in [2.45, 2.75) is 26.4 Å². The average molecular weight is 222 g/mol. The van der Waals surface area contributed by atoms with Crippen molar-refractivity contribution in [2.24, 2.45) is 0 Å². The van der Waals surface area contributed by atoms with Crippen LogP contribution in [0.2, 0.25) is 0 Å². The van der Waals surface area contributed by atoms with Gasteiger partial charge in [0.05, 0.1) is 12.7 Å². The van der Waals surface area contributed by atoms with E-state index in [1.54, 1.807) is 25.1 Å². The van der Waals surface area contributed by atoms with Crippen LogP contribution in [0.15, 0.2) is 35.0 Å². The highest BCUT2D eigenvalue weighted by molar-refractivity contribution is 5.87. The minimum Gasteiger partial charge on any atom is -0.469 e. The number of ether oxygens (including phenoxy) is 1. The van der Waals surface area contributed by atoms with E-state index in [0.29, 0.717) is 5.76 Å². The van der Waals surface area contributed by atoms with Gasteiger partial charge in [-0.1, -0.05) is 6.08 Å². The maximum absolute atomic E-state index is 11.3. The van der Waals surface area contributed by atoms with Crippen LogP contribution in [0.1, 0.15) is 19.6 Å². The molecule has 0 radical (unpaired) electrons. The molecule has 4 nitrogen and oxygen atoms in total. The number of hydrogen-bond donors (Lipinski definition) is 0. The predicted molar refractivity (Wildman–Crippen MR) is 57.8 cm³/mol. The van der Waals surface area contributed by atoms with Crippen molar-refractivity contribution < 1.29 is 18.7 Å². The van der Waals surface area contributed by atoms with E-state index >= 15 is 0 Å². The van der Waals surface area contributed by atoms with Gasteiger partial charge >= 0.3 is 5.97 Å². The lowest BCUT2D eigenvalue weighted by molar-refractivity contribution is -0.149. The van der Waals surface area contributed by atoms with Gasteiger partial charge in [0.1, 0.15) is 5.76 Å². The summed E-state index contributed by atoms with van der Waals surface area (Å²) in [6.45, 7) is 3.09. The highest BCUT2D eigenvalue weighted by Gasteiger charge is 2.19. The van der Waals surface area contributed by atoms with E-state index in [0.717, 1.165) is 0 Å². The second-order valence-corrected chi connectivity index (χ2v) is 3.32. The van der Waals surface area contributed by atoms with Crippen LogP contribution in [0.25, 0.3) is 0 Å². The second-order valence-electron chi connectivity index (χ2n) is 3.32. The Morgan fingerprint density at radius 3 is 2.81 bits per heavy atom. The Morgan fingerprint density at radius 1 is 1.56 bits per heavy atom. The largest absolute Gasteiger partial charge is 0.469 e. The summed E-state index contributed by atoms with van der Waals surface area (Å²) in [4.78, 5) is 22.5. The first kappa shape index (κ1) is 12.2. The molecule has 0 N–H and O–H groups in total. The number of allylic oxidation sites excluding steroid dienone is 1. The van der Waals surface area contributed by atoms with Crippen molar-refractivity contribution in [3.63, 3.8) is 0 Å². The Bertz CT molecular complexity index is 376. The van der Waals surface area contributed by atoms with Gasteiger partial charge in [-0.15, -0.1) is 0 Å². The van der Waals surface area contributed by atoms with Crippen molar-refractivity contribution in [2.75, 3.05) is 0 Å². The van der Waals surface area contributed by atoms with Crippen LogP contribution in [0, 0.1) is 0 Å². The average Bonchev–Trinajstić information content (AvgIpc) is 2.69. The molecule has 1 aromatic heterocycles. The maximum atomic E-state index is 11.3. The molecule has 0 aromatic carbocycles. The smallest absolute Gasteiger partial charge is 0.331 e. The van der Waals surface area contributed by atoms with Gasteiger partial charge in [-0.05, 0) is 26.0 Å². The topological polar surface area (TPSA) is 56.5 Å². The molecule has 1 atom stereocenters. The summed E-state index contributed by atoms with van der Waals surface area (Å²) in [7, 11) is 0. The van der Waals surface area contributed by atoms with Crippen molar-refractivity contribution in [1.29, 1.82) is 0 Å². The lowest BCUT2D eigenvalue weighted by atomic mass is 10.1. The van der Waals surface area contributed by atoms with Gasteiger partial charge in [0, 0.05) is 6.08 Å². The molecule has 0 spiro atoms. The van der Waals surface area contributed by atoms with Crippen LogP contribution >= 0.6 is 0 Å². The third-order valence-corrected chi connectivity index (χ3v) is 1.98. The molecule has 1 aromatic rings. The summed E-state index contributed by atoms with van der Waals surface area (Å²) in [6.07, 6.45) is 3.84. The minimum absolute atomic E-state index is 0.200. The molecule has 4 heteroatoms. The van der Waals surface area contributed by atoms with Crippen molar-refractivity contribution in [1.82, 2.24) is 0 Å². The minimum atomic E-state index is -0.783. The van der Waals surface area contributed by atoms with Crippen molar-refractivity contribution >= 4 is 11.8 Å². The summed E-state index contributed by atoms with van der Waals surface area (Å²) in [5, 5.41) is 0. The molecule has 0 saturated heterocycles. The summed E-state index contributed by atoms with van der Waals surface area (Å²) < 4.78 is 10.1. The summed E-state index contributed by atoms with van der Waals surface area (Å²) in [5.74, 6) is -0.100. The third kappa shape index (κ3) is 3.73. The Kier molecular flexibility index (Phi) is 4.51. The molecule has 0 bridgehead atoms. The number of hydrogen-bond acceptors (Lipinski definition) is 4. The maximum Gasteiger partial charge on any atom is 0.331 e. The van der Waals surface area contributed by atoms with E-state index in [1.165, 1.54) is 19.3 Å². The van der Waals surface area contributed by atoms with Crippen LogP contribution in [-0.2, 0) is 20.7 Å². The molecule has 0 fully saturated rings. The third-order valence-electron chi connectivity index (χ3n) is 1.98. The van der Waals surface area contributed by atoms with Crippen LogP contribution < -0.4 is 0 Å². The zero-order valence-electron chi connectivity index (χ0n) is 9.30. The first-order valence-corrected chi connectivity index (χ1v) is 4.99. The van der Waals surface area contributed by atoms with Gasteiger partial charge in [-0.2, -0.15) is 0 Å². The van der Waals surface area contributed by atoms with Crippen LogP contribution in [0.5, 0.6) is 0 Å². The molecule has 1 heterocycles. The number of rotatable bonds is 5. The molecule has 0 aliphatic rings. The molecule has 0 amide bonds. The molecule has 1 unspecified atom stereocenters. The summed E-state index contributed by atoms with van der Waals surface area (Å²) in [5.41, 5.74) is 0. The first-order valence-electron chi connectivity index (χ1n) is 4.99. The van der Waals surface area contributed by atoms with Crippen LogP contribution in [0.3, 0.4) is 0 Å². The van der Waals surface area contributed by atoms with E-state index in [1.807, 2.05) is 0 Å². The lowest BCUT2D eigenvalue weighted by Crippen LogP contribution is -2.26.